The molecule has 0 bridgehead atoms. The van der Waals surface area contributed by atoms with Crippen molar-refractivity contribution in [3.05, 3.63) is 58.6 Å². The molecule has 0 aromatic heterocycles. The zero-order valence-electron chi connectivity index (χ0n) is 13.5. The molecule has 0 saturated heterocycles. The van der Waals surface area contributed by atoms with Crippen LogP contribution in [0.2, 0.25) is 0 Å². The van der Waals surface area contributed by atoms with Crippen LogP contribution in [0.3, 0.4) is 0 Å². The number of benzene rings is 2. The Morgan fingerprint density at radius 3 is 2.22 bits per heavy atom. The third-order valence-electron chi connectivity index (χ3n) is 3.43. The van der Waals surface area contributed by atoms with Crippen LogP contribution in [0.4, 0.5) is 0 Å². The van der Waals surface area contributed by atoms with E-state index in [-0.39, 0.29) is 5.91 Å². The number of hydrogen-bond donors (Lipinski definition) is 0. The minimum Gasteiger partial charge on any atom is -0.497 e. The fraction of sp³-hybridized carbons (Fsp3) is 0.278. The Morgan fingerprint density at radius 2 is 1.65 bits per heavy atom. The van der Waals surface area contributed by atoms with E-state index < -0.39 is 6.10 Å². The van der Waals surface area contributed by atoms with Gasteiger partial charge in [-0.25, -0.2) is 0 Å². The maximum atomic E-state index is 12.4. The number of hydrogen-bond acceptors (Lipinski definition) is 3. The lowest BCUT2D eigenvalue weighted by Gasteiger charge is -2.22. The van der Waals surface area contributed by atoms with E-state index in [0.29, 0.717) is 12.3 Å². The van der Waals surface area contributed by atoms with Crippen molar-refractivity contribution >= 4 is 21.8 Å². The van der Waals surface area contributed by atoms with Crippen LogP contribution >= 0.6 is 15.9 Å². The van der Waals surface area contributed by atoms with E-state index in [1.165, 1.54) is 0 Å². The van der Waals surface area contributed by atoms with Gasteiger partial charge >= 0.3 is 0 Å². The molecule has 4 nitrogen and oxygen atoms in total. The summed E-state index contributed by atoms with van der Waals surface area (Å²) in [6, 6.07) is 15.1. The van der Waals surface area contributed by atoms with Gasteiger partial charge in [-0.15, -0.1) is 0 Å². The summed E-state index contributed by atoms with van der Waals surface area (Å²) < 4.78 is 11.8. The van der Waals surface area contributed by atoms with Crippen LogP contribution < -0.4 is 9.47 Å². The molecular formula is C18H20BrNO3. The maximum absolute atomic E-state index is 12.4. The largest absolute Gasteiger partial charge is 0.497 e. The van der Waals surface area contributed by atoms with Crippen molar-refractivity contribution in [3.63, 3.8) is 0 Å². The topological polar surface area (TPSA) is 38.8 Å². The monoisotopic (exact) mass is 377 g/mol. The number of rotatable bonds is 6. The second-order valence-electron chi connectivity index (χ2n) is 5.26. The molecule has 1 atom stereocenters. The summed E-state index contributed by atoms with van der Waals surface area (Å²) in [6.45, 7) is 2.28. The molecule has 23 heavy (non-hydrogen) atoms. The second-order valence-corrected chi connectivity index (χ2v) is 6.17. The summed E-state index contributed by atoms with van der Waals surface area (Å²) in [5, 5.41) is 0. The van der Waals surface area contributed by atoms with Crippen LogP contribution in [-0.4, -0.2) is 31.1 Å². The van der Waals surface area contributed by atoms with E-state index in [0.717, 1.165) is 15.8 Å². The second kappa shape index (κ2) is 8.02. The van der Waals surface area contributed by atoms with Crippen LogP contribution in [0.1, 0.15) is 12.5 Å². The molecule has 0 fully saturated rings. The van der Waals surface area contributed by atoms with Crippen molar-refractivity contribution in [1.29, 1.82) is 0 Å². The lowest BCUT2D eigenvalue weighted by molar-refractivity contribution is -0.137. The Bertz CT molecular complexity index is 640. The van der Waals surface area contributed by atoms with Gasteiger partial charge in [-0.2, -0.15) is 0 Å². The Hall–Kier alpha value is -2.01. The van der Waals surface area contributed by atoms with Gasteiger partial charge in [-0.3, -0.25) is 4.79 Å². The fourth-order valence-electron chi connectivity index (χ4n) is 2.16. The zero-order valence-corrected chi connectivity index (χ0v) is 15.0. The van der Waals surface area contributed by atoms with E-state index in [4.69, 9.17) is 9.47 Å². The molecule has 0 radical (unpaired) electrons. The molecule has 0 spiro atoms. The first-order valence-corrected chi connectivity index (χ1v) is 8.09. The summed E-state index contributed by atoms with van der Waals surface area (Å²) in [5.74, 6) is 1.41. The summed E-state index contributed by atoms with van der Waals surface area (Å²) >= 11 is 3.37. The SMILES string of the molecule is COc1ccc(CN(C)C(=O)[C@H](C)Oc2ccc(Br)cc2)cc1. The molecule has 0 aliphatic carbocycles. The van der Waals surface area contributed by atoms with Gasteiger partial charge in [0.25, 0.3) is 5.91 Å². The summed E-state index contributed by atoms with van der Waals surface area (Å²) in [5.41, 5.74) is 1.04. The Morgan fingerprint density at radius 1 is 1.09 bits per heavy atom. The van der Waals surface area contributed by atoms with Crippen molar-refractivity contribution < 1.29 is 14.3 Å². The highest BCUT2D eigenvalue weighted by atomic mass is 79.9. The first-order valence-electron chi connectivity index (χ1n) is 7.29. The van der Waals surface area contributed by atoms with Crippen molar-refractivity contribution in [3.8, 4) is 11.5 Å². The van der Waals surface area contributed by atoms with E-state index >= 15 is 0 Å². The summed E-state index contributed by atoms with van der Waals surface area (Å²) in [7, 11) is 3.40. The van der Waals surface area contributed by atoms with Crippen LogP contribution in [0.25, 0.3) is 0 Å². The van der Waals surface area contributed by atoms with E-state index in [1.807, 2.05) is 48.5 Å². The Kier molecular flexibility index (Phi) is 6.04. The molecule has 2 aromatic rings. The van der Waals surface area contributed by atoms with Gasteiger partial charge in [-0.1, -0.05) is 28.1 Å². The van der Waals surface area contributed by atoms with Gasteiger partial charge in [-0.05, 0) is 48.9 Å². The number of methoxy groups -OCH3 is 1. The molecule has 0 aliphatic rings. The predicted octanol–water partition coefficient (Wildman–Crippen LogP) is 3.88. The first-order chi connectivity index (χ1) is 11.0. The Balaban J connectivity index is 1.93. The zero-order chi connectivity index (χ0) is 16.8. The van der Waals surface area contributed by atoms with Gasteiger partial charge in [0.2, 0.25) is 0 Å². The number of carbonyl (C=O) groups is 1. The quantitative estimate of drug-likeness (QED) is 0.766. The third kappa shape index (κ3) is 4.99. The van der Waals surface area contributed by atoms with Gasteiger partial charge in [0.15, 0.2) is 6.10 Å². The summed E-state index contributed by atoms with van der Waals surface area (Å²) in [6.07, 6.45) is -0.542. The number of ether oxygens (including phenoxy) is 2. The average molecular weight is 378 g/mol. The van der Waals surface area contributed by atoms with E-state index in [9.17, 15) is 4.79 Å². The molecule has 2 aromatic carbocycles. The van der Waals surface area contributed by atoms with Crippen molar-refractivity contribution in [2.45, 2.75) is 19.6 Å². The number of nitrogens with zero attached hydrogens (tertiary/aromatic N) is 1. The van der Waals surface area contributed by atoms with Gasteiger partial charge in [0, 0.05) is 18.1 Å². The molecule has 0 heterocycles. The Labute approximate surface area is 145 Å². The number of likely N-dealkylation sites (N-methyl/N-ethyl adjacent to an activating group) is 1. The van der Waals surface area contributed by atoms with Crippen molar-refractivity contribution in [2.75, 3.05) is 14.2 Å². The van der Waals surface area contributed by atoms with Crippen LogP contribution in [0.5, 0.6) is 11.5 Å². The molecule has 0 unspecified atom stereocenters. The lowest BCUT2D eigenvalue weighted by Crippen LogP contribution is -2.37. The smallest absolute Gasteiger partial charge is 0.263 e. The number of amides is 1. The fourth-order valence-corrected chi connectivity index (χ4v) is 2.43. The minimum atomic E-state index is -0.542. The van der Waals surface area contributed by atoms with E-state index in [2.05, 4.69) is 15.9 Å². The highest BCUT2D eigenvalue weighted by Crippen LogP contribution is 2.18. The maximum Gasteiger partial charge on any atom is 0.263 e. The standard InChI is InChI=1S/C18H20BrNO3/c1-13(23-17-10-6-15(19)7-11-17)18(21)20(2)12-14-4-8-16(22-3)9-5-14/h4-11,13H,12H2,1-3H3/t13-/m0/s1. The van der Waals surface area contributed by atoms with Gasteiger partial charge in [0.05, 0.1) is 7.11 Å². The molecule has 0 saturated carbocycles. The van der Waals surface area contributed by atoms with Crippen LogP contribution in [0, 0.1) is 0 Å². The molecule has 0 aliphatic heterocycles. The van der Waals surface area contributed by atoms with Crippen LogP contribution in [-0.2, 0) is 11.3 Å². The summed E-state index contributed by atoms with van der Waals surface area (Å²) in [4.78, 5) is 14.1. The molecular weight excluding hydrogens is 358 g/mol. The van der Waals surface area contributed by atoms with Gasteiger partial charge < -0.3 is 14.4 Å². The normalized spacial score (nSPS) is 11.7. The third-order valence-corrected chi connectivity index (χ3v) is 3.96. The highest BCUT2D eigenvalue weighted by molar-refractivity contribution is 9.10. The van der Waals surface area contributed by atoms with Crippen LogP contribution in [0.15, 0.2) is 53.0 Å². The average Bonchev–Trinajstić information content (AvgIpc) is 2.56. The van der Waals surface area contributed by atoms with Crippen molar-refractivity contribution in [1.82, 2.24) is 4.90 Å². The highest BCUT2D eigenvalue weighted by Gasteiger charge is 2.19. The lowest BCUT2D eigenvalue weighted by atomic mass is 10.2. The first kappa shape index (κ1) is 17.3. The molecule has 5 heteroatoms. The molecule has 2 rings (SSSR count). The van der Waals surface area contributed by atoms with E-state index in [1.54, 1.807) is 26.0 Å². The number of carbonyl (C=O) groups excluding carboxylic acids is 1. The predicted molar refractivity (Wildman–Crippen MR) is 93.7 cm³/mol. The minimum absolute atomic E-state index is 0.0660. The van der Waals surface area contributed by atoms with Crippen molar-refractivity contribution in [2.24, 2.45) is 0 Å². The molecule has 122 valence electrons. The number of halogens is 1. The molecule has 0 N–H and O–H groups in total. The molecule has 1 amide bonds. The van der Waals surface area contributed by atoms with Gasteiger partial charge in [0.1, 0.15) is 11.5 Å².